The summed E-state index contributed by atoms with van der Waals surface area (Å²) in [6.07, 6.45) is 0. The monoisotopic (exact) mass is 962 g/mol. The molecule has 0 spiro atoms. The number of benzene rings is 12. The molecule has 4 aliphatic rings. The number of nitrogens with zero attached hydrogens (tertiary/aromatic N) is 4. The van der Waals surface area contributed by atoms with Gasteiger partial charge in [0.1, 0.15) is 0 Å². The lowest BCUT2D eigenvalue weighted by molar-refractivity contribution is 1.29. The molecule has 0 fully saturated rings. The molecule has 0 N–H and O–H groups in total. The van der Waals surface area contributed by atoms with Gasteiger partial charge in [-0.15, -0.1) is 0 Å². The van der Waals surface area contributed by atoms with Crippen molar-refractivity contribution in [1.82, 2.24) is 0 Å². The fourth-order valence-corrected chi connectivity index (χ4v) is 14.7. The molecule has 12 aromatic carbocycles. The molecule has 0 unspecified atom stereocenters. The Morgan fingerprint density at radius 1 is 0.329 bits per heavy atom. The van der Waals surface area contributed by atoms with Crippen molar-refractivity contribution in [2.24, 2.45) is 0 Å². The molecule has 12 aromatic rings. The molecule has 0 aliphatic carbocycles. The van der Waals surface area contributed by atoms with E-state index in [-0.39, 0.29) is 13.4 Å². The first-order valence-corrected chi connectivity index (χ1v) is 26.4. The van der Waals surface area contributed by atoms with Gasteiger partial charge in [0.25, 0.3) is 0 Å². The smallest absolute Gasteiger partial charge is 0.248 e. The highest BCUT2D eigenvalue weighted by Gasteiger charge is 2.46. The maximum absolute atomic E-state index is 11.0. The molecule has 0 atom stereocenters. The molecule has 350 valence electrons. The van der Waals surface area contributed by atoms with Crippen LogP contribution in [0.15, 0.2) is 194 Å². The minimum absolute atomic E-state index is 0.132. The van der Waals surface area contributed by atoms with Crippen molar-refractivity contribution >= 4 is 113 Å². The van der Waals surface area contributed by atoms with Crippen LogP contribution in [0.2, 0.25) is 0 Å². The second-order valence-corrected chi connectivity index (χ2v) is 21.5. The SMILES string of the molecule is Cc1cccc(C)c1-c1cc2c3c(cc4c(-c5c(C)cccc5C)cc5c6c(cc1c3c46)B1c3ccccc3N(c3ccccc3)c3cc(C#N)cc-5c31)B1c3ccccc3N(c3ccccc3)c3cc(C#N)cc-2c31. The van der Waals surface area contributed by atoms with Crippen LogP contribution in [-0.2, 0) is 0 Å². The molecule has 4 aliphatic heterocycles. The molecule has 0 bridgehead atoms. The van der Waals surface area contributed by atoms with Gasteiger partial charge in [-0.25, -0.2) is 0 Å². The van der Waals surface area contributed by atoms with E-state index in [0.717, 1.165) is 56.4 Å². The maximum atomic E-state index is 11.0. The van der Waals surface area contributed by atoms with E-state index in [0.29, 0.717) is 11.1 Å². The Balaban J connectivity index is 1.16. The van der Waals surface area contributed by atoms with E-state index in [2.05, 4.69) is 244 Å². The van der Waals surface area contributed by atoms with Gasteiger partial charge in [-0.2, -0.15) is 10.5 Å². The number of hydrogen-bond donors (Lipinski definition) is 0. The summed E-state index contributed by atoms with van der Waals surface area (Å²) in [6.45, 7) is 8.76. The standard InChI is InChI=1S/C70H44B2N4/c1-39-17-15-18-40(2)63(39)47-33-49-53-29-43(37-73)31-61-69(53)72(56-26-12-14-28-60(56)75(61)45-21-7-5-8-22-45)58-36-52-48(64-41(3)19-16-20-42(64)4)34-50-54-30-44(38-74)32-62-70(54)71(57-35-51(47)67(65(49)58)68(52)66(50)57)55-25-11-13-27-59(55)76(62)46-23-9-6-10-24-46/h5-36H,1-4H3. The van der Waals surface area contributed by atoms with Crippen LogP contribution in [0.4, 0.5) is 34.1 Å². The third-order valence-electron chi connectivity index (χ3n) is 17.5. The quantitative estimate of drug-likeness (QED) is 0.130. The summed E-state index contributed by atoms with van der Waals surface area (Å²) in [6, 6.07) is 76.5. The van der Waals surface area contributed by atoms with E-state index in [1.165, 1.54) is 110 Å². The zero-order valence-corrected chi connectivity index (χ0v) is 42.4. The first-order valence-electron chi connectivity index (χ1n) is 26.4. The molecule has 0 saturated heterocycles. The highest BCUT2D eigenvalue weighted by Crippen LogP contribution is 2.53. The maximum Gasteiger partial charge on any atom is 0.248 e. The van der Waals surface area contributed by atoms with Gasteiger partial charge in [0, 0.05) is 34.1 Å². The largest absolute Gasteiger partial charge is 0.311 e. The topological polar surface area (TPSA) is 54.1 Å². The minimum atomic E-state index is -0.132. The van der Waals surface area contributed by atoms with E-state index in [1.807, 2.05) is 0 Å². The number of anilines is 6. The summed E-state index contributed by atoms with van der Waals surface area (Å²) >= 11 is 0. The highest BCUT2D eigenvalue weighted by atomic mass is 15.2. The third kappa shape index (κ3) is 5.53. The molecule has 16 rings (SSSR count). The first kappa shape index (κ1) is 42.9. The first-order chi connectivity index (χ1) is 37.3. The molecule has 0 aromatic heterocycles. The number of nitriles is 2. The van der Waals surface area contributed by atoms with Crippen LogP contribution in [0.5, 0.6) is 0 Å². The van der Waals surface area contributed by atoms with Gasteiger partial charge < -0.3 is 9.80 Å². The zero-order valence-electron chi connectivity index (χ0n) is 42.4. The number of hydrogen-bond acceptors (Lipinski definition) is 4. The highest BCUT2D eigenvalue weighted by molar-refractivity contribution is 7.02. The Bertz CT molecular complexity index is 4340. The fourth-order valence-electron chi connectivity index (χ4n) is 14.7. The minimum Gasteiger partial charge on any atom is -0.311 e. The normalized spacial score (nSPS) is 13.1. The van der Waals surface area contributed by atoms with Crippen LogP contribution in [0.1, 0.15) is 33.4 Å². The Hall–Kier alpha value is -9.61. The Labute approximate surface area is 442 Å². The van der Waals surface area contributed by atoms with Crippen LogP contribution in [0, 0.1) is 50.4 Å². The Kier molecular flexibility index (Phi) is 8.72. The summed E-state index contributed by atoms with van der Waals surface area (Å²) in [5.41, 5.74) is 29.4. The van der Waals surface area contributed by atoms with Gasteiger partial charge in [-0.1, -0.05) is 132 Å². The lowest BCUT2D eigenvalue weighted by Gasteiger charge is -2.42. The second kappa shape index (κ2) is 15.5. The average molecular weight is 963 g/mol. The molecule has 0 radical (unpaired) electrons. The predicted octanol–water partition coefficient (Wildman–Crippen LogP) is 13.5. The van der Waals surface area contributed by atoms with Crippen LogP contribution in [0.3, 0.4) is 0 Å². The summed E-state index contributed by atoms with van der Waals surface area (Å²) < 4.78 is 0. The van der Waals surface area contributed by atoms with Crippen molar-refractivity contribution < 1.29 is 0 Å². The van der Waals surface area contributed by atoms with Crippen LogP contribution < -0.4 is 42.6 Å². The lowest BCUT2D eigenvalue weighted by atomic mass is 9.31. The van der Waals surface area contributed by atoms with Crippen LogP contribution >= 0.6 is 0 Å². The van der Waals surface area contributed by atoms with Crippen molar-refractivity contribution in [2.45, 2.75) is 27.7 Å². The van der Waals surface area contributed by atoms with Gasteiger partial charge in [0.05, 0.1) is 23.3 Å². The summed E-state index contributed by atoms with van der Waals surface area (Å²) in [7, 11) is 0. The molecule has 0 saturated carbocycles. The van der Waals surface area contributed by atoms with Crippen molar-refractivity contribution in [3.63, 3.8) is 0 Å². The van der Waals surface area contributed by atoms with Crippen molar-refractivity contribution in [1.29, 1.82) is 10.5 Å². The Morgan fingerprint density at radius 3 is 1.11 bits per heavy atom. The van der Waals surface area contributed by atoms with Gasteiger partial charge in [0.15, 0.2) is 0 Å². The molecule has 76 heavy (non-hydrogen) atoms. The van der Waals surface area contributed by atoms with Crippen molar-refractivity contribution in [2.75, 3.05) is 9.80 Å². The molecular formula is C70H44B2N4. The van der Waals surface area contributed by atoms with E-state index in [1.54, 1.807) is 0 Å². The average Bonchev–Trinajstić information content (AvgIpc) is 3.49. The molecule has 4 nitrogen and oxygen atoms in total. The van der Waals surface area contributed by atoms with Crippen molar-refractivity contribution in [3.05, 3.63) is 228 Å². The number of fused-ring (bicyclic) bond motifs is 8. The van der Waals surface area contributed by atoms with E-state index in [4.69, 9.17) is 0 Å². The third-order valence-corrected chi connectivity index (χ3v) is 17.5. The molecule has 6 heteroatoms. The molecular weight excluding hydrogens is 918 g/mol. The van der Waals surface area contributed by atoms with Crippen LogP contribution in [-0.4, -0.2) is 13.4 Å². The van der Waals surface area contributed by atoms with E-state index >= 15 is 0 Å². The second-order valence-electron chi connectivity index (χ2n) is 21.5. The van der Waals surface area contributed by atoms with Gasteiger partial charge >= 0.3 is 0 Å². The number of aryl methyl sites for hydroxylation is 4. The summed E-state index contributed by atoms with van der Waals surface area (Å²) in [4.78, 5) is 4.77. The lowest BCUT2D eigenvalue weighted by Crippen LogP contribution is -2.60. The summed E-state index contributed by atoms with van der Waals surface area (Å²) in [5, 5.41) is 29.5. The van der Waals surface area contributed by atoms with E-state index < -0.39 is 0 Å². The molecule has 4 heterocycles. The van der Waals surface area contributed by atoms with Gasteiger partial charge in [-0.05, 0) is 221 Å². The Morgan fingerprint density at radius 2 is 0.711 bits per heavy atom. The van der Waals surface area contributed by atoms with Gasteiger partial charge in [-0.3, -0.25) is 0 Å². The van der Waals surface area contributed by atoms with Crippen LogP contribution in [0.25, 0.3) is 76.8 Å². The van der Waals surface area contributed by atoms with Gasteiger partial charge in [0.2, 0.25) is 13.4 Å². The molecule has 0 amide bonds. The predicted molar refractivity (Wildman–Crippen MR) is 319 cm³/mol. The number of para-hydroxylation sites is 4. The van der Waals surface area contributed by atoms with Crippen molar-refractivity contribution in [3.8, 4) is 56.6 Å². The summed E-state index contributed by atoms with van der Waals surface area (Å²) in [5.74, 6) is 0. The number of rotatable bonds is 4. The van der Waals surface area contributed by atoms with E-state index in [9.17, 15) is 10.5 Å². The zero-order chi connectivity index (χ0) is 50.8. The fraction of sp³-hybridized carbons (Fsp3) is 0.0571.